The molecule has 1 N–H and O–H groups in total. The van der Waals surface area contributed by atoms with Gasteiger partial charge in [0.05, 0.1) is 5.57 Å². The highest BCUT2D eigenvalue weighted by atomic mass is 32.1. The first-order valence-corrected chi connectivity index (χ1v) is 8.13. The van der Waals surface area contributed by atoms with Gasteiger partial charge in [-0.3, -0.25) is 0 Å². The molecule has 2 aromatic heterocycles. The topological polar surface area (TPSA) is 37.3 Å². The van der Waals surface area contributed by atoms with E-state index in [1.165, 1.54) is 4.88 Å². The van der Waals surface area contributed by atoms with E-state index in [2.05, 4.69) is 11.4 Å². The van der Waals surface area contributed by atoms with Gasteiger partial charge >= 0.3 is 5.97 Å². The Morgan fingerprint density at radius 2 is 1.86 bits per heavy atom. The number of hydrogen-bond donors (Lipinski definition) is 1. The van der Waals surface area contributed by atoms with Crippen molar-refractivity contribution >= 4 is 40.3 Å². The number of carboxylic acids is 1. The van der Waals surface area contributed by atoms with E-state index in [1.54, 1.807) is 28.7 Å². The summed E-state index contributed by atoms with van der Waals surface area (Å²) < 4.78 is 0. The highest BCUT2D eigenvalue weighted by Gasteiger charge is 2.11. The van der Waals surface area contributed by atoms with Crippen molar-refractivity contribution in [2.24, 2.45) is 0 Å². The van der Waals surface area contributed by atoms with Crippen molar-refractivity contribution in [3.63, 3.8) is 0 Å². The molecule has 0 spiro atoms. The summed E-state index contributed by atoms with van der Waals surface area (Å²) in [5.41, 5.74) is 2.17. The summed E-state index contributed by atoms with van der Waals surface area (Å²) in [5.74, 6) is -0.910. The first kappa shape index (κ1) is 13.8. The molecule has 1 aromatic carbocycles. The third-order valence-corrected chi connectivity index (χ3v) is 4.83. The highest BCUT2D eigenvalue weighted by Crippen LogP contribution is 2.31. The summed E-state index contributed by atoms with van der Waals surface area (Å²) in [7, 11) is 0. The van der Waals surface area contributed by atoms with Crippen molar-refractivity contribution in [2.45, 2.75) is 0 Å². The molecule has 4 heteroatoms. The fraction of sp³-hybridized carbons (Fsp3) is 0. The van der Waals surface area contributed by atoms with Crippen LogP contribution in [0.4, 0.5) is 0 Å². The van der Waals surface area contributed by atoms with Crippen molar-refractivity contribution < 1.29 is 9.90 Å². The molecule has 0 aliphatic heterocycles. The molecule has 0 atom stereocenters. The average Bonchev–Trinajstić information content (AvgIpc) is 3.16. The lowest BCUT2D eigenvalue weighted by Gasteiger charge is -2.01. The molecule has 0 amide bonds. The van der Waals surface area contributed by atoms with Crippen LogP contribution in [0.1, 0.15) is 10.4 Å². The Labute approximate surface area is 130 Å². The predicted octanol–water partition coefficient (Wildman–Crippen LogP) is 5.10. The Morgan fingerprint density at radius 3 is 2.52 bits per heavy atom. The van der Waals surface area contributed by atoms with E-state index in [9.17, 15) is 9.90 Å². The monoisotopic (exact) mass is 312 g/mol. The Kier molecular flexibility index (Phi) is 3.99. The second-order valence-electron chi connectivity index (χ2n) is 4.44. The van der Waals surface area contributed by atoms with E-state index in [0.29, 0.717) is 5.57 Å². The van der Waals surface area contributed by atoms with Crippen molar-refractivity contribution in [2.75, 3.05) is 0 Å². The van der Waals surface area contributed by atoms with Crippen LogP contribution in [0.2, 0.25) is 0 Å². The summed E-state index contributed by atoms with van der Waals surface area (Å²) >= 11 is 3.24. The molecule has 104 valence electrons. The molecular weight excluding hydrogens is 300 g/mol. The zero-order valence-electron chi connectivity index (χ0n) is 11.0. The summed E-state index contributed by atoms with van der Waals surface area (Å²) in [4.78, 5) is 13.6. The highest BCUT2D eigenvalue weighted by molar-refractivity contribution is 7.15. The number of thiophene rings is 2. The molecule has 3 aromatic rings. The summed E-state index contributed by atoms with van der Waals surface area (Å²) in [6, 6.07) is 15.3. The van der Waals surface area contributed by atoms with Gasteiger partial charge in [0, 0.05) is 15.3 Å². The van der Waals surface area contributed by atoms with Crippen LogP contribution in [-0.4, -0.2) is 11.1 Å². The van der Waals surface area contributed by atoms with Gasteiger partial charge in [-0.15, -0.1) is 22.7 Å². The molecule has 3 rings (SSSR count). The van der Waals surface area contributed by atoms with Crippen molar-refractivity contribution in [3.05, 3.63) is 69.7 Å². The molecular formula is C17H12O2S2. The van der Waals surface area contributed by atoms with Gasteiger partial charge in [-0.25, -0.2) is 4.79 Å². The van der Waals surface area contributed by atoms with Crippen molar-refractivity contribution in [3.8, 4) is 10.4 Å². The summed E-state index contributed by atoms with van der Waals surface area (Å²) in [6.07, 6.45) is 1.74. The second kappa shape index (κ2) is 6.08. The van der Waals surface area contributed by atoms with Gasteiger partial charge in [-0.1, -0.05) is 36.4 Å². The molecule has 0 saturated carbocycles. The fourth-order valence-corrected chi connectivity index (χ4v) is 3.66. The maximum atomic E-state index is 11.5. The number of carbonyl (C=O) groups is 1. The van der Waals surface area contributed by atoms with E-state index in [0.717, 1.165) is 16.0 Å². The first-order chi connectivity index (χ1) is 10.2. The van der Waals surface area contributed by atoms with Crippen LogP contribution in [0, 0.1) is 0 Å². The number of rotatable bonds is 4. The normalized spacial score (nSPS) is 11.5. The van der Waals surface area contributed by atoms with Crippen LogP contribution >= 0.6 is 22.7 Å². The third kappa shape index (κ3) is 3.12. The van der Waals surface area contributed by atoms with Gasteiger partial charge in [0.25, 0.3) is 0 Å². The zero-order valence-corrected chi connectivity index (χ0v) is 12.7. The van der Waals surface area contributed by atoms with Crippen LogP contribution in [-0.2, 0) is 4.79 Å². The quantitative estimate of drug-likeness (QED) is 0.680. The van der Waals surface area contributed by atoms with Crippen LogP contribution in [0.15, 0.2) is 59.3 Å². The third-order valence-electron chi connectivity index (χ3n) is 3.03. The summed E-state index contributed by atoms with van der Waals surface area (Å²) in [5, 5.41) is 13.5. The van der Waals surface area contributed by atoms with Crippen molar-refractivity contribution in [1.29, 1.82) is 0 Å². The van der Waals surface area contributed by atoms with Crippen LogP contribution in [0.25, 0.3) is 22.1 Å². The van der Waals surface area contributed by atoms with Crippen LogP contribution < -0.4 is 0 Å². The number of hydrogen-bond acceptors (Lipinski definition) is 3. The van der Waals surface area contributed by atoms with Gasteiger partial charge in [0.2, 0.25) is 0 Å². The van der Waals surface area contributed by atoms with Gasteiger partial charge in [0.1, 0.15) is 0 Å². The molecule has 0 fully saturated rings. The molecule has 0 radical (unpaired) electrons. The number of aliphatic carboxylic acids is 1. The van der Waals surface area contributed by atoms with E-state index < -0.39 is 5.97 Å². The Morgan fingerprint density at radius 1 is 1.05 bits per heavy atom. The molecule has 0 aliphatic rings. The SMILES string of the molecule is O=C(O)/C(=C\c1cc(-c2cccs2)cs1)c1ccccc1. The molecule has 21 heavy (non-hydrogen) atoms. The lowest BCUT2D eigenvalue weighted by atomic mass is 10.1. The molecule has 0 bridgehead atoms. The average molecular weight is 312 g/mol. The predicted molar refractivity (Wildman–Crippen MR) is 89.6 cm³/mol. The minimum Gasteiger partial charge on any atom is -0.478 e. The van der Waals surface area contributed by atoms with Gasteiger partial charge in [0.15, 0.2) is 0 Å². The zero-order chi connectivity index (χ0) is 14.7. The van der Waals surface area contributed by atoms with E-state index >= 15 is 0 Å². The standard InChI is InChI=1S/C17H12O2S2/c18-17(19)15(12-5-2-1-3-6-12)10-14-9-13(11-21-14)16-7-4-8-20-16/h1-11H,(H,18,19)/b15-10-. The summed E-state index contributed by atoms with van der Waals surface area (Å²) in [6.45, 7) is 0. The minimum atomic E-state index is -0.910. The van der Waals surface area contributed by atoms with Gasteiger partial charge < -0.3 is 5.11 Å². The van der Waals surface area contributed by atoms with Gasteiger partial charge in [-0.2, -0.15) is 0 Å². The molecule has 0 aliphatic carbocycles. The maximum Gasteiger partial charge on any atom is 0.336 e. The molecule has 0 unspecified atom stereocenters. The number of carboxylic acid groups (broad SMARTS) is 1. The van der Waals surface area contributed by atoms with Crippen molar-refractivity contribution in [1.82, 2.24) is 0 Å². The Hall–Kier alpha value is -2.17. The smallest absolute Gasteiger partial charge is 0.336 e. The second-order valence-corrected chi connectivity index (χ2v) is 6.33. The Bertz CT molecular complexity index is 768. The van der Waals surface area contributed by atoms with Crippen LogP contribution in [0.5, 0.6) is 0 Å². The molecule has 2 nitrogen and oxygen atoms in total. The maximum absolute atomic E-state index is 11.5. The molecule has 0 saturated heterocycles. The lowest BCUT2D eigenvalue weighted by Crippen LogP contribution is -1.98. The molecule has 2 heterocycles. The number of benzene rings is 1. The van der Waals surface area contributed by atoms with E-state index in [4.69, 9.17) is 0 Å². The first-order valence-electron chi connectivity index (χ1n) is 6.37. The van der Waals surface area contributed by atoms with Gasteiger partial charge in [-0.05, 0) is 34.5 Å². The van der Waals surface area contributed by atoms with E-state index in [1.807, 2.05) is 47.8 Å². The fourth-order valence-electron chi connectivity index (χ4n) is 2.03. The van der Waals surface area contributed by atoms with E-state index in [-0.39, 0.29) is 0 Å². The largest absolute Gasteiger partial charge is 0.478 e. The Balaban J connectivity index is 1.97. The lowest BCUT2D eigenvalue weighted by molar-refractivity contribution is -0.130. The minimum absolute atomic E-state index is 0.315. The van der Waals surface area contributed by atoms with Crippen LogP contribution in [0.3, 0.4) is 0 Å².